The Hall–Kier alpha value is -0.870. The fraction of sp³-hybridized carbons (Fsp3) is 0.562. The second-order valence-corrected chi connectivity index (χ2v) is 7.39. The molecule has 0 unspecified atom stereocenters. The van der Waals surface area contributed by atoms with Crippen molar-refractivity contribution in [1.29, 1.82) is 0 Å². The van der Waals surface area contributed by atoms with Crippen LogP contribution in [-0.2, 0) is 22.3 Å². The van der Waals surface area contributed by atoms with Gasteiger partial charge in [0.25, 0.3) is 0 Å². The van der Waals surface area contributed by atoms with E-state index in [0.29, 0.717) is 6.54 Å². The van der Waals surface area contributed by atoms with Crippen LogP contribution >= 0.6 is 24.0 Å². The molecule has 1 aromatic carbocycles. The first-order chi connectivity index (χ1) is 10.9. The van der Waals surface area contributed by atoms with Crippen molar-refractivity contribution in [2.45, 2.75) is 32.1 Å². The summed E-state index contributed by atoms with van der Waals surface area (Å²) in [6, 6.07) is 7.57. The van der Waals surface area contributed by atoms with Gasteiger partial charge in [-0.1, -0.05) is 37.6 Å². The zero-order valence-electron chi connectivity index (χ0n) is 14.9. The lowest BCUT2D eigenvalue weighted by molar-refractivity contribution is 0.464. The smallest absolute Gasteiger partial charge is 0.215 e. The highest BCUT2D eigenvalue weighted by atomic mass is 127. The summed E-state index contributed by atoms with van der Waals surface area (Å²) in [5.41, 5.74) is 1.80. The molecule has 1 rings (SSSR count). The first kappa shape index (κ1) is 23.1. The summed E-state index contributed by atoms with van der Waals surface area (Å²) in [5, 5.41) is 3.31. The van der Waals surface area contributed by atoms with Gasteiger partial charge in [-0.05, 0) is 24.6 Å². The van der Waals surface area contributed by atoms with Gasteiger partial charge in [-0.15, -0.1) is 24.0 Å². The van der Waals surface area contributed by atoms with E-state index in [-0.39, 0.29) is 29.7 Å². The SMILES string of the molecule is CCCCN(C)C(=NC)NCc1cccc(CS(=O)(=O)NC)c1.I. The summed E-state index contributed by atoms with van der Waals surface area (Å²) >= 11 is 0. The first-order valence-electron chi connectivity index (χ1n) is 7.82. The van der Waals surface area contributed by atoms with Crippen molar-refractivity contribution in [1.82, 2.24) is 14.9 Å². The van der Waals surface area contributed by atoms with Crippen molar-refractivity contribution < 1.29 is 8.42 Å². The fourth-order valence-electron chi connectivity index (χ4n) is 2.19. The van der Waals surface area contributed by atoms with Gasteiger partial charge in [0.1, 0.15) is 0 Å². The van der Waals surface area contributed by atoms with E-state index in [1.165, 1.54) is 7.05 Å². The van der Waals surface area contributed by atoms with Crippen molar-refractivity contribution in [3.63, 3.8) is 0 Å². The topological polar surface area (TPSA) is 73.8 Å². The van der Waals surface area contributed by atoms with E-state index in [4.69, 9.17) is 0 Å². The van der Waals surface area contributed by atoms with E-state index in [0.717, 1.165) is 36.5 Å². The zero-order chi connectivity index (χ0) is 17.3. The Morgan fingerprint density at radius 1 is 1.29 bits per heavy atom. The minimum Gasteiger partial charge on any atom is -0.352 e. The lowest BCUT2D eigenvalue weighted by Crippen LogP contribution is -2.38. The fourth-order valence-corrected chi connectivity index (χ4v) is 2.95. The molecular formula is C16H29IN4O2S. The largest absolute Gasteiger partial charge is 0.352 e. The molecular weight excluding hydrogens is 439 g/mol. The molecule has 24 heavy (non-hydrogen) atoms. The highest BCUT2D eigenvalue weighted by molar-refractivity contribution is 14.0. The van der Waals surface area contributed by atoms with Crippen molar-refractivity contribution in [3.05, 3.63) is 35.4 Å². The third-order valence-corrected chi connectivity index (χ3v) is 4.87. The number of rotatable bonds is 8. The predicted molar refractivity (Wildman–Crippen MR) is 111 cm³/mol. The molecule has 0 aliphatic rings. The van der Waals surface area contributed by atoms with Crippen LogP contribution in [0.5, 0.6) is 0 Å². The summed E-state index contributed by atoms with van der Waals surface area (Å²) in [4.78, 5) is 6.37. The van der Waals surface area contributed by atoms with Gasteiger partial charge < -0.3 is 10.2 Å². The summed E-state index contributed by atoms with van der Waals surface area (Å²) in [7, 11) is 1.96. The summed E-state index contributed by atoms with van der Waals surface area (Å²) < 4.78 is 25.6. The number of unbranched alkanes of at least 4 members (excludes halogenated alkanes) is 1. The molecule has 0 saturated carbocycles. The second-order valence-electron chi connectivity index (χ2n) is 5.46. The Labute approximate surface area is 163 Å². The van der Waals surface area contributed by atoms with E-state index < -0.39 is 10.0 Å². The molecule has 8 heteroatoms. The number of halogens is 1. The number of benzene rings is 1. The highest BCUT2D eigenvalue weighted by Crippen LogP contribution is 2.08. The molecule has 0 aliphatic carbocycles. The Bertz CT molecular complexity index is 620. The number of hydrogen-bond acceptors (Lipinski definition) is 3. The van der Waals surface area contributed by atoms with Crippen LogP contribution in [0.4, 0.5) is 0 Å². The third-order valence-electron chi connectivity index (χ3n) is 3.53. The molecule has 0 aromatic heterocycles. The maximum atomic E-state index is 11.6. The summed E-state index contributed by atoms with van der Waals surface area (Å²) in [6.07, 6.45) is 2.26. The Kier molecular flexibility index (Phi) is 11.2. The molecule has 6 nitrogen and oxygen atoms in total. The number of guanidine groups is 1. The molecule has 0 amide bonds. The minimum absolute atomic E-state index is 0. The van der Waals surface area contributed by atoms with Crippen LogP contribution in [-0.4, -0.2) is 47.0 Å². The van der Waals surface area contributed by atoms with Crippen molar-refractivity contribution in [3.8, 4) is 0 Å². The Balaban J connectivity index is 0.00000529. The lowest BCUT2D eigenvalue weighted by atomic mass is 10.1. The van der Waals surface area contributed by atoms with Gasteiger partial charge >= 0.3 is 0 Å². The molecule has 0 atom stereocenters. The molecule has 138 valence electrons. The van der Waals surface area contributed by atoms with E-state index >= 15 is 0 Å². The second kappa shape index (κ2) is 11.6. The number of nitrogens with one attached hydrogen (secondary N) is 2. The van der Waals surface area contributed by atoms with Gasteiger partial charge in [-0.3, -0.25) is 4.99 Å². The molecule has 0 bridgehead atoms. The molecule has 0 radical (unpaired) electrons. The van der Waals surface area contributed by atoms with E-state index in [1.807, 2.05) is 31.3 Å². The quantitative estimate of drug-likeness (QED) is 0.349. The first-order valence-corrected chi connectivity index (χ1v) is 9.48. The summed E-state index contributed by atoms with van der Waals surface area (Å²) in [6.45, 7) is 3.72. The monoisotopic (exact) mass is 468 g/mol. The van der Waals surface area contributed by atoms with Crippen LogP contribution in [0.15, 0.2) is 29.3 Å². The Morgan fingerprint density at radius 2 is 1.96 bits per heavy atom. The maximum Gasteiger partial charge on any atom is 0.215 e. The van der Waals surface area contributed by atoms with E-state index in [9.17, 15) is 8.42 Å². The number of aliphatic imine (C=N–C) groups is 1. The predicted octanol–water partition coefficient (Wildman–Crippen LogP) is 2.16. The van der Waals surface area contributed by atoms with Crippen LogP contribution in [0.1, 0.15) is 30.9 Å². The van der Waals surface area contributed by atoms with Gasteiger partial charge in [-0.2, -0.15) is 0 Å². The van der Waals surface area contributed by atoms with E-state index in [1.54, 1.807) is 7.05 Å². The molecule has 0 aliphatic heterocycles. The minimum atomic E-state index is -3.25. The van der Waals surface area contributed by atoms with Gasteiger partial charge in [0, 0.05) is 27.2 Å². The molecule has 1 aromatic rings. The van der Waals surface area contributed by atoms with Crippen LogP contribution < -0.4 is 10.0 Å². The Morgan fingerprint density at radius 3 is 2.54 bits per heavy atom. The molecule has 0 spiro atoms. The van der Waals surface area contributed by atoms with Crippen molar-refractivity contribution in [2.75, 3.05) is 27.7 Å². The van der Waals surface area contributed by atoms with Crippen molar-refractivity contribution >= 4 is 40.0 Å². The van der Waals surface area contributed by atoms with Gasteiger partial charge in [0.2, 0.25) is 10.0 Å². The number of hydrogen-bond donors (Lipinski definition) is 2. The normalized spacial score (nSPS) is 11.8. The van der Waals surface area contributed by atoms with Gasteiger partial charge in [0.15, 0.2) is 5.96 Å². The molecule has 0 saturated heterocycles. The van der Waals surface area contributed by atoms with E-state index in [2.05, 4.69) is 26.9 Å². The summed E-state index contributed by atoms with van der Waals surface area (Å²) in [5.74, 6) is 0.828. The van der Waals surface area contributed by atoms with Crippen LogP contribution in [0.2, 0.25) is 0 Å². The van der Waals surface area contributed by atoms with Crippen LogP contribution in [0, 0.1) is 0 Å². The highest BCUT2D eigenvalue weighted by Gasteiger charge is 2.09. The van der Waals surface area contributed by atoms with Crippen LogP contribution in [0.3, 0.4) is 0 Å². The van der Waals surface area contributed by atoms with Gasteiger partial charge in [-0.25, -0.2) is 13.1 Å². The molecule has 2 N–H and O–H groups in total. The molecule has 0 heterocycles. The maximum absolute atomic E-state index is 11.6. The number of sulfonamides is 1. The lowest BCUT2D eigenvalue weighted by Gasteiger charge is -2.22. The number of nitrogens with zero attached hydrogens (tertiary/aromatic N) is 2. The average molecular weight is 468 g/mol. The van der Waals surface area contributed by atoms with Gasteiger partial charge in [0.05, 0.1) is 5.75 Å². The molecule has 0 fully saturated rings. The zero-order valence-corrected chi connectivity index (χ0v) is 18.0. The standard InChI is InChI=1S/C16H28N4O2S.HI/c1-5-6-10-20(4)16(17-2)19-12-14-8-7-9-15(11-14)13-23(21,22)18-3;/h7-9,11,18H,5-6,10,12-13H2,1-4H3,(H,17,19);1H. The average Bonchev–Trinajstić information content (AvgIpc) is 2.53. The third kappa shape index (κ3) is 8.29. The van der Waals surface area contributed by atoms with Crippen molar-refractivity contribution in [2.24, 2.45) is 4.99 Å². The van der Waals surface area contributed by atoms with Crippen LogP contribution in [0.25, 0.3) is 0 Å².